The van der Waals surface area contributed by atoms with E-state index < -0.39 is 11.2 Å². The number of H-pyrrole nitrogens is 1. The van der Waals surface area contributed by atoms with Crippen molar-refractivity contribution in [2.24, 2.45) is 0 Å². The number of aromatic nitrogens is 2. The van der Waals surface area contributed by atoms with Crippen molar-refractivity contribution in [2.45, 2.75) is 38.4 Å². The summed E-state index contributed by atoms with van der Waals surface area (Å²) in [4.78, 5) is 41.4. The number of nitrogens with one attached hydrogen (secondary N) is 2. The summed E-state index contributed by atoms with van der Waals surface area (Å²) in [5.74, 6) is -0.0867. The van der Waals surface area contributed by atoms with Crippen LogP contribution in [0.5, 0.6) is 0 Å². The summed E-state index contributed by atoms with van der Waals surface area (Å²) in [7, 11) is 0. The van der Waals surface area contributed by atoms with Crippen LogP contribution in [0.2, 0.25) is 0 Å². The third kappa shape index (κ3) is 4.21. The van der Waals surface area contributed by atoms with Crippen molar-refractivity contribution in [3.8, 4) is 0 Å². The second kappa shape index (κ2) is 8.67. The summed E-state index contributed by atoms with van der Waals surface area (Å²) >= 11 is 0. The van der Waals surface area contributed by atoms with Crippen molar-refractivity contribution >= 4 is 16.8 Å². The summed E-state index contributed by atoms with van der Waals surface area (Å²) in [5.41, 5.74) is 0.918. The standard InChI is InChI=1S/C23H26N4O3/c1-16(17-7-3-2-4-8-17)26-13-11-18(15-26)24-21(28)12-14-27-20-10-6-5-9-19(20)22(29)25-23(27)30/h2-10,16,18H,11-15H2,1H3,(H,24,28)(H,25,29,30)/t16-,18+/m1/s1. The number of fused-ring (bicyclic) bond motifs is 1. The first-order valence-corrected chi connectivity index (χ1v) is 10.3. The van der Waals surface area contributed by atoms with Crippen LogP contribution in [0.1, 0.15) is 31.4 Å². The Morgan fingerprint density at radius 2 is 1.87 bits per heavy atom. The van der Waals surface area contributed by atoms with E-state index in [1.165, 1.54) is 10.1 Å². The summed E-state index contributed by atoms with van der Waals surface area (Å²) < 4.78 is 1.45. The number of hydrogen-bond acceptors (Lipinski definition) is 4. The monoisotopic (exact) mass is 406 g/mol. The minimum atomic E-state index is -0.491. The van der Waals surface area contributed by atoms with E-state index in [0.717, 1.165) is 19.5 Å². The highest BCUT2D eigenvalue weighted by Gasteiger charge is 2.27. The molecule has 0 aliphatic carbocycles. The first kappa shape index (κ1) is 20.1. The van der Waals surface area contributed by atoms with Gasteiger partial charge in [0.1, 0.15) is 0 Å². The average molecular weight is 406 g/mol. The van der Waals surface area contributed by atoms with Crippen molar-refractivity contribution in [1.82, 2.24) is 19.8 Å². The molecule has 3 aromatic rings. The van der Waals surface area contributed by atoms with Crippen LogP contribution in [0.25, 0.3) is 10.9 Å². The lowest BCUT2D eigenvalue weighted by molar-refractivity contribution is -0.121. The molecule has 1 aliphatic rings. The number of benzene rings is 2. The normalized spacial score (nSPS) is 17.8. The predicted octanol–water partition coefficient (Wildman–Crippen LogP) is 2.03. The third-order valence-corrected chi connectivity index (χ3v) is 5.88. The van der Waals surface area contributed by atoms with E-state index in [-0.39, 0.29) is 24.9 Å². The van der Waals surface area contributed by atoms with Crippen molar-refractivity contribution in [1.29, 1.82) is 0 Å². The fraction of sp³-hybridized carbons (Fsp3) is 0.348. The second-order valence-electron chi connectivity index (χ2n) is 7.81. The average Bonchev–Trinajstić information content (AvgIpc) is 3.22. The molecule has 1 fully saturated rings. The van der Waals surface area contributed by atoms with E-state index in [1.807, 2.05) is 18.2 Å². The van der Waals surface area contributed by atoms with Gasteiger partial charge in [-0.1, -0.05) is 42.5 Å². The SMILES string of the molecule is C[C@H](c1ccccc1)N1CC[C@H](NC(=O)CCn2c(=O)[nH]c(=O)c3ccccc32)C1. The summed E-state index contributed by atoms with van der Waals surface area (Å²) in [6.45, 7) is 4.15. The number of hydrogen-bond donors (Lipinski definition) is 2. The first-order chi connectivity index (χ1) is 14.5. The highest BCUT2D eigenvalue weighted by atomic mass is 16.2. The molecule has 1 saturated heterocycles. The molecule has 2 atom stereocenters. The molecule has 30 heavy (non-hydrogen) atoms. The molecule has 156 valence electrons. The molecule has 0 saturated carbocycles. The number of para-hydroxylation sites is 1. The molecule has 0 bridgehead atoms. The van der Waals surface area contributed by atoms with Crippen LogP contribution in [-0.4, -0.2) is 39.5 Å². The maximum atomic E-state index is 12.5. The smallest absolute Gasteiger partial charge is 0.328 e. The predicted molar refractivity (Wildman–Crippen MR) is 116 cm³/mol. The number of aromatic amines is 1. The molecule has 1 amide bonds. The molecule has 0 unspecified atom stereocenters. The molecule has 2 heterocycles. The molecule has 1 aliphatic heterocycles. The van der Waals surface area contributed by atoms with Gasteiger partial charge in [0.2, 0.25) is 5.91 Å². The van der Waals surface area contributed by atoms with E-state index in [9.17, 15) is 14.4 Å². The second-order valence-corrected chi connectivity index (χ2v) is 7.81. The Balaban J connectivity index is 1.36. The zero-order valence-electron chi connectivity index (χ0n) is 17.0. The van der Waals surface area contributed by atoms with Gasteiger partial charge in [-0.15, -0.1) is 0 Å². The lowest BCUT2D eigenvalue weighted by Gasteiger charge is -2.24. The summed E-state index contributed by atoms with van der Waals surface area (Å²) in [6.07, 6.45) is 1.09. The van der Waals surface area contributed by atoms with Crippen molar-refractivity contribution in [3.63, 3.8) is 0 Å². The van der Waals surface area contributed by atoms with Gasteiger partial charge in [0.15, 0.2) is 0 Å². The van der Waals surface area contributed by atoms with Gasteiger partial charge in [0.05, 0.1) is 10.9 Å². The largest absolute Gasteiger partial charge is 0.352 e. The molecule has 1 aromatic heterocycles. The van der Waals surface area contributed by atoms with Gasteiger partial charge in [-0.2, -0.15) is 0 Å². The number of carbonyl (C=O) groups excluding carboxylic acids is 1. The number of nitrogens with zero attached hydrogens (tertiary/aromatic N) is 2. The summed E-state index contributed by atoms with van der Waals surface area (Å²) in [6, 6.07) is 17.7. The number of aryl methyl sites for hydroxylation is 1. The number of amides is 1. The van der Waals surface area contributed by atoms with Crippen LogP contribution in [0, 0.1) is 0 Å². The van der Waals surface area contributed by atoms with E-state index in [0.29, 0.717) is 16.9 Å². The van der Waals surface area contributed by atoms with Crippen LogP contribution in [0.4, 0.5) is 0 Å². The van der Waals surface area contributed by atoms with Crippen molar-refractivity contribution in [3.05, 3.63) is 81.0 Å². The quantitative estimate of drug-likeness (QED) is 0.656. The molecular weight excluding hydrogens is 380 g/mol. The van der Waals surface area contributed by atoms with Gasteiger partial charge in [0, 0.05) is 38.1 Å². The Labute approximate surface area is 174 Å². The molecule has 2 N–H and O–H groups in total. The van der Waals surface area contributed by atoms with Crippen molar-refractivity contribution < 1.29 is 4.79 Å². The van der Waals surface area contributed by atoms with Gasteiger partial charge in [-0.3, -0.25) is 24.0 Å². The molecule has 4 rings (SSSR count). The van der Waals surface area contributed by atoms with Gasteiger partial charge in [-0.25, -0.2) is 4.79 Å². The maximum absolute atomic E-state index is 12.5. The van der Waals surface area contributed by atoms with Gasteiger partial charge in [0.25, 0.3) is 5.56 Å². The Morgan fingerprint density at radius 1 is 1.13 bits per heavy atom. The van der Waals surface area contributed by atoms with Gasteiger partial charge < -0.3 is 5.32 Å². The van der Waals surface area contributed by atoms with Crippen LogP contribution in [0.3, 0.4) is 0 Å². The van der Waals surface area contributed by atoms with Crippen molar-refractivity contribution in [2.75, 3.05) is 13.1 Å². The Kier molecular flexibility index (Phi) is 5.81. The highest BCUT2D eigenvalue weighted by Crippen LogP contribution is 2.24. The topological polar surface area (TPSA) is 87.2 Å². The zero-order chi connectivity index (χ0) is 21.1. The molecule has 2 aromatic carbocycles. The third-order valence-electron chi connectivity index (χ3n) is 5.88. The minimum absolute atomic E-state index is 0.0867. The van der Waals surface area contributed by atoms with Gasteiger partial charge in [-0.05, 0) is 31.0 Å². The Hall–Kier alpha value is -3.19. The molecular formula is C23H26N4O3. The van der Waals surface area contributed by atoms with Crippen LogP contribution < -0.4 is 16.6 Å². The Morgan fingerprint density at radius 3 is 2.67 bits per heavy atom. The molecule has 0 radical (unpaired) electrons. The number of likely N-dealkylation sites (tertiary alicyclic amines) is 1. The fourth-order valence-corrected chi connectivity index (χ4v) is 4.18. The van der Waals surface area contributed by atoms with Crippen LogP contribution >= 0.6 is 0 Å². The summed E-state index contributed by atoms with van der Waals surface area (Å²) in [5, 5.41) is 3.54. The lowest BCUT2D eigenvalue weighted by atomic mass is 10.1. The van der Waals surface area contributed by atoms with Crippen LogP contribution in [0.15, 0.2) is 64.2 Å². The highest BCUT2D eigenvalue weighted by molar-refractivity contribution is 5.79. The maximum Gasteiger partial charge on any atom is 0.328 e. The van der Waals surface area contributed by atoms with E-state index in [4.69, 9.17) is 0 Å². The molecule has 7 heteroatoms. The fourth-order valence-electron chi connectivity index (χ4n) is 4.18. The van der Waals surface area contributed by atoms with Crippen LogP contribution in [-0.2, 0) is 11.3 Å². The number of carbonyl (C=O) groups is 1. The molecule has 0 spiro atoms. The Bertz CT molecular complexity index is 1150. The number of rotatable bonds is 6. The van der Waals surface area contributed by atoms with Gasteiger partial charge >= 0.3 is 5.69 Å². The first-order valence-electron chi connectivity index (χ1n) is 10.3. The minimum Gasteiger partial charge on any atom is -0.352 e. The van der Waals surface area contributed by atoms with E-state index in [2.05, 4.69) is 34.3 Å². The lowest BCUT2D eigenvalue weighted by Crippen LogP contribution is -2.38. The van der Waals surface area contributed by atoms with E-state index in [1.54, 1.807) is 24.3 Å². The zero-order valence-corrected chi connectivity index (χ0v) is 17.0. The molecule has 7 nitrogen and oxygen atoms in total. The van der Waals surface area contributed by atoms with E-state index >= 15 is 0 Å².